The van der Waals surface area contributed by atoms with Crippen LogP contribution in [0.4, 0.5) is 11.4 Å². The standard InChI is InChI=1S/C26H27Cl3N2O3/c1-4-33-24-11-18(14-30-20-7-9-21(10-8-20)31-26(32)16(2)3)23(29)13-25(24)34-15-17-5-6-19(27)12-22(17)28/h5-13,16,30H,4,14-15H2,1-3H3,(H,31,32). The van der Waals surface area contributed by atoms with Crippen LogP contribution in [0.1, 0.15) is 31.9 Å². The van der Waals surface area contributed by atoms with Crippen molar-refractivity contribution < 1.29 is 14.3 Å². The number of carbonyl (C=O) groups is 1. The van der Waals surface area contributed by atoms with Crippen LogP contribution in [0.25, 0.3) is 0 Å². The van der Waals surface area contributed by atoms with Crippen molar-refractivity contribution in [2.75, 3.05) is 17.2 Å². The molecule has 0 aliphatic carbocycles. The second kappa shape index (κ2) is 12.2. The van der Waals surface area contributed by atoms with Crippen molar-refractivity contribution >= 4 is 52.1 Å². The maximum absolute atomic E-state index is 11.8. The molecular weight excluding hydrogens is 495 g/mol. The molecule has 0 bridgehead atoms. The van der Waals surface area contributed by atoms with Gasteiger partial charge in [-0.15, -0.1) is 0 Å². The van der Waals surface area contributed by atoms with Crippen molar-refractivity contribution in [1.82, 2.24) is 0 Å². The third-order valence-corrected chi connectivity index (χ3v) is 5.91. The third kappa shape index (κ3) is 7.20. The Morgan fingerprint density at radius 2 is 1.50 bits per heavy atom. The van der Waals surface area contributed by atoms with Crippen LogP contribution in [-0.4, -0.2) is 12.5 Å². The van der Waals surface area contributed by atoms with Gasteiger partial charge in [0, 0.05) is 50.5 Å². The van der Waals surface area contributed by atoms with Gasteiger partial charge in [-0.1, -0.05) is 54.7 Å². The molecular formula is C26H27Cl3N2O3. The number of amides is 1. The van der Waals surface area contributed by atoms with Crippen molar-refractivity contribution in [2.24, 2.45) is 5.92 Å². The maximum Gasteiger partial charge on any atom is 0.226 e. The van der Waals surface area contributed by atoms with Gasteiger partial charge in [0.1, 0.15) is 6.61 Å². The molecule has 5 nitrogen and oxygen atoms in total. The molecule has 3 rings (SSSR count). The molecule has 1 amide bonds. The van der Waals surface area contributed by atoms with Crippen LogP contribution in [-0.2, 0) is 17.9 Å². The van der Waals surface area contributed by atoms with Gasteiger partial charge in [-0.2, -0.15) is 0 Å². The maximum atomic E-state index is 11.8. The van der Waals surface area contributed by atoms with Crippen molar-refractivity contribution in [3.63, 3.8) is 0 Å². The number of rotatable bonds is 10. The number of nitrogens with one attached hydrogen (secondary N) is 2. The largest absolute Gasteiger partial charge is 0.490 e. The minimum absolute atomic E-state index is 0.0170. The van der Waals surface area contributed by atoms with Crippen LogP contribution in [0.5, 0.6) is 11.5 Å². The van der Waals surface area contributed by atoms with Crippen LogP contribution < -0.4 is 20.1 Å². The molecule has 0 saturated heterocycles. The minimum Gasteiger partial charge on any atom is -0.490 e. The van der Waals surface area contributed by atoms with E-state index in [1.807, 2.05) is 57.2 Å². The highest BCUT2D eigenvalue weighted by atomic mass is 35.5. The minimum atomic E-state index is -0.0744. The van der Waals surface area contributed by atoms with E-state index in [-0.39, 0.29) is 18.4 Å². The first-order valence-electron chi connectivity index (χ1n) is 10.9. The van der Waals surface area contributed by atoms with Gasteiger partial charge < -0.3 is 20.1 Å². The molecule has 0 spiro atoms. The van der Waals surface area contributed by atoms with E-state index in [0.29, 0.717) is 39.7 Å². The summed E-state index contributed by atoms with van der Waals surface area (Å²) in [6, 6.07) is 16.4. The number of hydrogen-bond acceptors (Lipinski definition) is 4. The topological polar surface area (TPSA) is 59.6 Å². The van der Waals surface area contributed by atoms with E-state index in [2.05, 4.69) is 10.6 Å². The van der Waals surface area contributed by atoms with E-state index in [0.717, 1.165) is 22.5 Å². The number of ether oxygens (including phenoxy) is 2. The molecule has 0 fully saturated rings. The molecule has 2 N–H and O–H groups in total. The Morgan fingerprint density at radius 3 is 2.15 bits per heavy atom. The number of anilines is 2. The first-order valence-corrected chi connectivity index (χ1v) is 12.1. The van der Waals surface area contributed by atoms with Gasteiger partial charge in [-0.3, -0.25) is 4.79 Å². The first-order chi connectivity index (χ1) is 16.3. The highest BCUT2D eigenvalue weighted by molar-refractivity contribution is 6.35. The summed E-state index contributed by atoms with van der Waals surface area (Å²) in [5.74, 6) is 1.04. The number of hydrogen-bond donors (Lipinski definition) is 2. The molecule has 0 saturated carbocycles. The predicted octanol–water partition coefficient (Wildman–Crippen LogP) is 7.83. The van der Waals surface area contributed by atoms with Gasteiger partial charge in [-0.25, -0.2) is 0 Å². The fourth-order valence-corrected chi connectivity index (χ4v) is 3.73. The fraction of sp³-hybridized carbons (Fsp3) is 0.269. The fourth-order valence-electron chi connectivity index (χ4n) is 3.04. The van der Waals surface area contributed by atoms with Gasteiger partial charge >= 0.3 is 0 Å². The molecule has 3 aromatic rings. The molecule has 8 heteroatoms. The van der Waals surface area contributed by atoms with E-state index in [1.165, 1.54) is 0 Å². The smallest absolute Gasteiger partial charge is 0.226 e. The normalized spacial score (nSPS) is 10.8. The van der Waals surface area contributed by atoms with Gasteiger partial charge in [0.15, 0.2) is 11.5 Å². The third-order valence-electron chi connectivity index (χ3n) is 4.97. The molecule has 34 heavy (non-hydrogen) atoms. The zero-order valence-electron chi connectivity index (χ0n) is 19.3. The Kier molecular flexibility index (Phi) is 9.34. The zero-order chi connectivity index (χ0) is 24.7. The molecule has 0 radical (unpaired) electrons. The van der Waals surface area contributed by atoms with Crippen LogP contribution in [0.2, 0.25) is 15.1 Å². The van der Waals surface area contributed by atoms with Gasteiger partial charge in [0.05, 0.1) is 6.61 Å². The Hall–Kier alpha value is -2.60. The van der Waals surface area contributed by atoms with Crippen LogP contribution in [0.3, 0.4) is 0 Å². The summed E-state index contributed by atoms with van der Waals surface area (Å²) in [6.07, 6.45) is 0. The summed E-state index contributed by atoms with van der Waals surface area (Å²) < 4.78 is 11.8. The molecule has 180 valence electrons. The summed E-state index contributed by atoms with van der Waals surface area (Å²) in [5.41, 5.74) is 3.32. The number of carbonyl (C=O) groups excluding carboxylic acids is 1. The zero-order valence-corrected chi connectivity index (χ0v) is 21.5. The highest BCUT2D eigenvalue weighted by Gasteiger charge is 2.13. The second-order valence-corrected chi connectivity index (χ2v) is 9.17. The molecule has 0 aromatic heterocycles. The SMILES string of the molecule is CCOc1cc(CNc2ccc(NC(=O)C(C)C)cc2)c(Cl)cc1OCc1ccc(Cl)cc1Cl. The van der Waals surface area contributed by atoms with Crippen molar-refractivity contribution in [3.05, 3.63) is 80.8 Å². The Balaban J connectivity index is 1.68. The van der Waals surface area contributed by atoms with Gasteiger partial charge in [0.25, 0.3) is 0 Å². The quantitative estimate of drug-likeness (QED) is 0.285. The van der Waals surface area contributed by atoms with Crippen molar-refractivity contribution in [1.29, 1.82) is 0 Å². The molecule has 0 atom stereocenters. The molecule has 0 aliphatic rings. The van der Waals surface area contributed by atoms with Crippen LogP contribution in [0.15, 0.2) is 54.6 Å². The average Bonchev–Trinajstić information content (AvgIpc) is 2.80. The van der Waals surface area contributed by atoms with Crippen molar-refractivity contribution in [3.8, 4) is 11.5 Å². The Morgan fingerprint density at radius 1 is 0.853 bits per heavy atom. The number of benzene rings is 3. The lowest BCUT2D eigenvalue weighted by molar-refractivity contribution is -0.118. The lowest BCUT2D eigenvalue weighted by Gasteiger charge is -2.16. The molecule has 0 unspecified atom stereocenters. The van der Waals surface area contributed by atoms with E-state index in [4.69, 9.17) is 44.3 Å². The number of halogens is 3. The Bertz CT molecular complexity index is 1130. The van der Waals surface area contributed by atoms with E-state index < -0.39 is 0 Å². The average molecular weight is 522 g/mol. The predicted molar refractivity (Wildman–Crippen MR) is 141 cm³/mol. The molecule has 0 aliphatic heterocycles. The summed E-state index contributed by atoms with van der Waals surface area (Å²) in [5, 5.41) is 7.87. The van der Waals surface area contributed by atoms with Gasteiger partial charge in [0.2, 0.25) is 5.91 Å². The van der Waals surface area contributed by atoms with E-state index in [1.54, 1.807) is 18.2 Å². The summed E-state index contributed by atoms with van der Waals surface area (Å²) in [7, 11) is 0. The van der Waals surface area contributed by atoms with E-state index in [9.17, 15) is 4.79 Å². The highest BCUT2D eigenvalue weighted by Crippen LogP contribution is 2.35. The monoisotopic (exact) mass is 520 g/mol. The summed E-state index contributed by atoms with van der Waals surface area (Å²) in [4.78, 5) is 11.8. The molecule has 0 heterocycles. The first kappa shape index (κ1) is 26.0. The lowest BCUT2D eigenvalue weighted by atomic mass is 10.1. The summed E-state index contributed by atoms with van der Waals surface area (Å²) >= 11 is 18.8. The van der Waals surface area contributed by atoms with Crippen molar-refractivity contribution in [2.45, 2.75) is 33.9 Å². The second-order valence-electron chi connectivity index (χ2n) is 7.92. The molecule has 3 aromatic carbocycles. The van der Waals surface area contributed by atoms with Gasteiger partial charge in [-0.05, 0) is 55.0 Å². The van der Waals surface area contributed by atoms with Crippen LogP contribution >= 0.6 is 34.8 Å². The van der Waals surface area contributed by atoms with Crippen LogP contribution in [0, 0.1) is 5.92 Å². The summed E-state index contributed by atoms with van der Waals surface area (Å²) in [6.45, 7) is 6.84. The lowest BCUT2D eigenvalue weighted by Crippen LogP contribution is -2.17. The van der Waals surface area contributed by atoms with E-state index >= 15 is 0 Å². The Labute approximate surface area is 215 Å².